The molecule has 0 amide bonds. The molecule has 0 spiro atoms. The van der Waals surface area contributed by atoms with Crippen molar-refractivity contribution in [2.45, 2.75) is 64.5 Å². The molecule has 8 rings (SSSR count). The van der Waals surface area contributed by atoms with Crippen LogP contribution in [0.15, 0.2) is 180 Å². The summed E-state index contributed by atoms with van der Waals surface area (Å²) in [5, 5.41) is 19.2. The van der Waals surface area contributed by atoms with E-state index >= 15 is 0 Å². The number of Topliss-reactive ketones (excluding diaryl/α,β-unsaturated/α-hetero) is 4. The van der Waals surface area contributed by atoms with Crippen molar-refractivity contribution in [2.24, 2.45) is 0 Å². The largest absolute Gasteiger partial charge is 0.495 e. The molecule has 0 bridgehead atoms. The van der Waals surface area contributed by atoms with Crippen LogP contribution in [0, 0.1) is 0 Å². The van der Waals surface area contributed by atoms with Crippen LogP contribution in [-0.4, -0.2) is 68.6 Å². The Morgan fingerprint density at radius 3 is 1.12 bits per heavy atom. The van der Waals surface area contributed by atoms with E-state index in [9.17, 15) is 48.6 Å². The number of benzene rings is 6. The number of carbonyl (C=O) groups excluding carboxylic acids is 4. The smallest absolute Gasteiger partial charge is 0.335 e. The Hall–Kier alpha value is -8.98. The quantitative estimate of drug-likeness (QED) is 0.0608. The van der Waals surface area contributed by atoms with E-state index in [1.807, 2.05) is 60.7 Å². The van der Waals surface area contributed by atoms with Gasteiger partial charge in [-0.1, -0.05) is 122 Å². The first-order valence-corrected chi connectivity index (χ1v) is 26.2. The highest BCUT2D eigenvalue weighted by molar-refractivity contribution is 6.31. The topological polar surface area (TPSA) is 205 Å². The van der Waals surface area contributed by atoms with Crippen LogP contribution >= 0.6 is 23.2 Å². The Morgan fingerprint density at radius 2 is 0.812 bits per heavy atom. The Kier molecular flexibility index (Phi) is 19.9. The van der Waals surface area contributed by atoms with Crippen molar-refractivity contribution in [1.82, 2.24) is 9.13 Å². The van der Waals surface area contributed by atoms with Crippen LogP contribution in [0.2, 0.25) is 10.0 Å². The Bertz CT molecular complexity index is 3460. The normalized spacial score (nSPS) is 11.6. The number of ether oxygens (including phenoxy) is 2. The van der Waals surface area contributed by atoms with E-state index in [0.29, 0.717) is 66.1 Å². The third-order valence-electron chi connectivity index (χ3n) is 13.4. The monoisotopic (exact) mass is 1110 g/mol. The van der Waals surface area contributed by atoms with Crippen LogP contribution < -0.4 is 20.6 Å². The summed E-state index contributed by atoms with van der Waals surface area (Å²) in [5.74, 6) is -2.16. The second-order valence-corrected chi connectivity index (χ2v) is 19.5. The van der Waals surface area contributed by atoms with Gasteiger partial charge in [0.1, 0.15) is 11.5 Å². The molecule has 0 fully saturated rings. The highest BCUT2D eigenvalue weighted by atomic mass is 35.5. The molecular weight excluding hydrogens is 1060 g/mol. The molecule has 14 nitrogen and oxygen atoms in total. The molecule has 0 aliphatic rings. The zero-order valence-electron chi connectivity index (χ0n) is 44.2. The van der Waals surface area contributed by atoms with Gasteiger partial charge in [0.2, 0.25) is 0 Å². The minimum atomic E-state index is -1.05. The molecule has 0 saturated carbocycles. The van der Waals surface area contributed by atoms with Crippen LogP contribution in [0.4, 0.5) is 0 Å². The molecule has 0 radical (unpaired) electrons. The van der Waals surface area contributed by atoms with Crippen LogP contribution in [0.1, 0.15) is 102 Å². The first-order valence-electron chi connectivity index (χ1n) is 25.5. The van der Waals surface area contributed by atoms with Gasteiger partial charge in [0, 0.05) is 83.0 Å². The minimum Gasteiger partial charge on any atom is -0.495 e. The molecule has 6 aromatic carbocycles. The first-order chi connectivity index (χ1) is 38.4. The van der Waals surface area contributed by atoms with E-state index in [1.165, 1.54) is 72.1 Å². The molecule has 0 aliphatic heterocycles. The standard InChI is InChI=1S/2C32H28ClNO6/c2*1-3-28(35)24-14-13-23(33)17-25(24)26-18-31(37)34(19-30(26)40-2)27(15-20-7-5-4-6-8-20)29(36)16-21-9-11-22(12-10-21)32(38)39/h2*4-14,17-19,27H,3,15-16H2,1-2H3,(H,38,39)/t2*27-/m10/s1. The van der Waals surface area contributed by atoms with E-state index in [4.69, 9.17) is 32.7 Å². The van der Waals surface area contributed by atoms with E-state index < -0.39 is 35.1 Å². The zero-order chi connectivity index (χ0) is 57.6. The van der Waals surface area contributed by atoms with Gasteiger partial charge in [-0.15, -0.1) is 0 Å². The Balaban J connectivity index is 0.000000231. The van der Waals surface area contributed by atoms with Crippen molar-refractivity contribution in [3.05, 3.63) is 245 Å². The summed E-state index contributed by atoms with van der Waals surface area (Å²) < 4.78 is 14.0. The number of aromatic nitrogens is 2. The highest BCUT2D eigenvalue weighted by Gasteiger charge is 2.28. The fourth-order valence-electron chi connectivity index (χ4n) is 9.21. The summed E-state index contributed by atoms with van der Waals surface area (Å²) in [5.41, 5.74) is 4.94. The predicted molar refractivity (Wildman–Crippen MR) is 307 cm³/mol. The number of halogens is 2. The van der Waals surface area contributed by atoms with Crippen LogP contribution in [0.25, 0.3) is 22.3 Å². The molecule has 408 valence electrons. The Morgan fingerprint density at radius 1 is 0.463 bits per heavy atom. The molecule has 16 heteroatoms. The van der Waals surface area contributed by atoms with Crippen molar-refractivity contribution in [3.63, 3.8) is 0 Å². The van der Waals surface area contributed by atoms with Crippen molar-refractivity contribution in [3.8, 4) is 33.8 Å². The molecule has 0 saturated heterocycles. The van der Waals surface area contributed by atoms with E-state index in [2.05, 4.69) is 0 Å². The summed E-state index contributed by atoms with van der Waals surface area (Å²) in [6.07, 6.45) is 4.05. The number of carboxylic acids is 2. The number of hydrogen-bond acceptors (Lipinski definition) is 10. The van der Waals surface area contributed by atoms with Gasteiger partial charge in [0.25, 0.3) is 11.1 Å². The molecule has 2 heterocycles. The van der Waals surface area contributed by atoms with Crippen LogP contribution in [-0.2, 0) is 35.3 Å². The molecule has 0 unspecified atom stereocenters. The number of carboxylic acid groups (broad SMARTS) is 2. The molecule has 2 aromatic heterocycles. The zero-order valence-corrected chi connectivity index (χ0v) is 45.7. The van der Waals surface area contributed by atoms with Gasteiger partial charge >= 0.3 is 11.9 Å². The lowest BCUT2D eigenvalue weighted by Crippen LogP contribution is -2.32. The van der Waals surface area contributed by atoms with Gasteiger partial charge < -0.3 is 28.8 Å². The van der Waals surface area contributed by atoms with Crippen molar-refractivity contribution in [2.75, 3.05) is 14.2 Å². The van der Waals surface area contributed by atoms with Gasteiger partial charge in [-0.05, 0) is 94.0 Å². The van der Waals surface area contributed by atoms with E-state index in [1.54, 1.807) is 74.5 Å². The number of ketones is 4. The SMILES string of the molecule is CCC(=O)c1ccc(Cl)cc1-c1cc(=O)n([C@@H](Cc2ccccc2)C(=O)Cc2ccc(C(=O)O)cc2)cc1OC.CCC(=O)c1ccc(Cl)cc1-c1cc(=O)n([C@H](Cc2ccccc2)C(=O)Cc2ccc(C(=O)O)cc2)cc1OC. The number of rotatable bonds is 22. The van der Waals surface area contributed by atoms with Crippen molar-refractivity contribution in [1.29, 1.82) is 0 Å². The summed E-state index contributed by atoms with van der Waals surface area (Å²) in [7, 11) is 2.91. The molecule has 2 N–H and O–H groups in total. The minimum absolute atomic E-state index is 0.00263. The van der Waals surface area contributed by atoms with Crippen molar-refractivity contribution >= 4 is 58.3 Å². The summed E-state index contributed by atoms with van der Waals surface area (Å²) in [6.45, 7) is 3.51. The average Bonchev–Trinajstić information content (AvgIpc) is 3.48. The predicted octanol–water partition coefficient (Wildman–Crippen LogP) is 12.1. The second kappa shape index (κ2) is 27.1. The van der Waals surface area contributed by atoms with Gasteiger partial charge in [0.15, 0.2) is 23.1 Å². The third kappa shape index (κ3) is 14.4. The maximum atomic E-state index is 13.7. The average molecular weight is 1120 g/mol. The summed E-state index contributed by atoms with van der Waals surface area (Å²) in [4.78, 5) is 102. The number of hydrogen-bond donors (Lipinski definition) is 2. The lowest BCUT2D eigenvalue weighted by molar-refractivity contribution is -0.122. The fourth-order valence-corrected chi connectivity index (χ4v) is 9.56. The number of pyridine rings is 2. The summed E-state index contributed by atoms with van der Waals surface area (Å²) in [6, 6.07) is 41.6. The first kappa shape index (κ1) is 58.7. The number of aromatic carboxylic acids is 2. The maximum absolute atomic E-state index is 13.7. The van der Waals surface area contributed by atoms with E-state index in [-0.39, 0.29) is 72.8 Å². The number of nitrogens with zero attached hydrogens (tertiary/aromatic N) is 2. The number of methoxy groups -OCH3 is 2. The van der Waals surface area contributed by atoms with Gasteiger partial charge in [-0.2, -0.15) is 0 Å². The third-order valence-corrected chi connectivity index (χ3v) is 13.9. The highest BCUT2D eigenvalue weighted by Crippen LogP contribution is 2.36. The molecule has 80 heavy (non-hydrogen) atoms. The Labute approximate surface area is 471 Å². The second-order valence-electron chi connectivity index (χ2n) is 18.6. The number of carbonyl (C=O) groups is 6. The van der Waals surface area contributed by atoms with Crippen LogP contribution in [0.5, 0.6) is 11.5 Å². The molecule has 2 atom stereocenters. The van der Waals surface area contributed by atoms with E-state index in [0.717, 1.165) is 11.1 Å². The lowest BCUT2D eigenvalue weighted by Gasteiger charge is -2.22. The summed E-state index contributed by atoms with van der Waals surface area (Å²) >= 11 is 12.5. The van der Waals surface area contributed by atoms with Gasteiger partial charge in [-0.3, -0.25) is 28.8 Å². The van der Waals surface area contributed by atoms with Gasteiger partial charge in [0.05, 0.1) is 49.8 Å². The molecule has 8 aromatic rings. The molecule has 0 aliphatic carbocycles. The van der Waals surface area contributed by atoms with Crippen molar-refractivity contribution < 1.29 is 48.5 Å². The molecular formula is C64H56Cl2N2O12. The maximum Gasteiger partial charge on any atom is 0.335 e. The lowest BCUT2D eigenvalue weighted by atomic mass is 9.94. The van der Waals surface area contributed by atoms with Gasteiger partial charge in [-0.25, -0.2) is 9.59 Å². The fraction of sp³-hybridized carbons (Fsp3) is 0.188. The van der Waals surface area contributed by atoms with Crippen LogP contribution in [0.3, 0.4) is 0 Å².